The zero-order chi connectivity index (χ0) is 13.8. The smallest absolute Gasteiger partial charge is 0.335 e. The zero-order valence-electron chi connectivity index (χ0n) is 9.77. The number of nitrogens with one attached hydrogen (secondary N) is 2. The van der Waals surface area contributed by atoms with Crippen molar-refractivity contribution in [2.75, 3.05) is 0 Å². The van der Waals surface area contributed by atoms with Gasteiger partial charge in [-0.1, -0.05) is 11.3 Å². The molecular weight excluding hydrogens is 271 g/mol. The van der Waals surface area contributed by atoms with Gasteiger partial charge in [0.1, 0.15) is 5.82 Å². The van der Waals surface area contributed by atoms with Crippen molar-refractivity contribution in [1.82, 2.24) is 10.3 Å². The molecule has 0 spiro atoms. The molecular formula is C12H11FN2O3S. The van der Waals surface area contributed by atoms with Gasteiger partial charge in [-0.3, -0.25) is 4.79 Å². The maximum atomic E-state index is 13.5. The van der Waals surface area contributed by atoms with Gasteiger partial charge in [0.05, 0.1) is 5.56 Å². The molecule has 3 N–H and O–H groups in total. The van der Waals surface area contributed by atoms with E-state index in [0.29, 0.717) is 12.2 Å². The molecule has 2 rings (SSSR count). The lowest BCUT2D eigenvalue weighted by Gasteiger charge is -2.06. The molecule has 0 aliphatic rings. The molecule has 0 aliphatic heterocycles. The fourth-order valence-electron chi connectivity index (χ4n) is 1.58. The van der Waals surface area contributed by atoms with E-state index in [4.69, 9.17) is 5.11 Å². The van der Waals surface area contributed by atoms with Crippen LogP contribution in [0.4, 0.5) is 4.39 Å². The van der Waals surface area contributed by atoms with Gasteiger partial charge in [0.15, 0.2) is 0 Å². The van der Waals surface area contributed by atoms with E-state index in [2.05, 4.69) is 10.3 Å². The molecule has 2 aromatic rings. The Morgan fingerprint density at radius 3 is 2.84 bits per heavy atom. The summed E-state index contributed by atoms with van der Waals surface area (Å²) in [5.41, 5.74) is 1.03. The Balaban J connectivity index is 2.00. The number of thiazole rings is 1. The molecule has 7 heteroatoms. The first-order valence-corrected chi connectivity index (χ1v) is 6.33. The van der Waals surface area contributed by atoms with E-state index >= 15 is 0 Å². The fourth-order valence-corrected chi connectivity index (χ4v) is 2.16. The zero-order valence-corrected chi connectivity index (χ0v) is 10.6. The van der Waals surface area contributed by atoms with Gasteiger partial charge in [0, 0.05) is 29.7 Å². The number of aromatic nitrogens is 1. The maximum absolute atomic E-state index is 13.5. The average Bonchev–Trinajstić information content (AvgIpc) is 2.77. The van der Waals surface area contributed by atoms with E-state index in [9.17, 15) is 14.0 Å². The average molecular weight is 282 g/mol. The first-order valence-electron chi connectivity index (χ1n) is 5.45. The lowest BCUT2D eigenvalue weighted by Crippen LogP contribution is -2.15. The fraction of sp³-hybridized carbons (Fsp3) is 0.167. The second-order valence-electron chi connectivity index (χ2n) is 3.89. The number of benzene rings is 1. The number of hydrogen-bond donors (Lipinski definition) is 3. The van der Waals surface area contributed by atoms with Gasteiger partial charge >= 0.3 is 10.8 Å². The molecule has 0 radical (unpaired) electrons. The summed E-state index contributed by atoms with van der Waals surface area (Å²) in [5, 5.41) is 13.4. The molecule has 0 fully saturated rings. The Hall–Kier alpha value is -1.99. The summed E-state index contributed by atoms with van der Waals surface area (Å²) in [5.74, 6) is -1.56. The molecule has 1 aromatic heterocycles. The van der Waals surface area contributed by atoms with E-state index in [1.54, 1.807) is 5.38 Å². The van der Waals surface area contributed by atoms with E-state index < -0.39 is 11.8 Å². The molecule has 1 heterocycles. The van der Waals surface area contributed by atoms with E-state index in [-0.39, 0.29) is 22.5 Å². The number of hydrogen-bond acceptors (Lipinski definition) is 4. The van der Waals surface area contributed by atoms with Crippen LogP contribution in [0.3, 0.4) is 0 Å². The van der Waals surface area contributed by atoms with Gasteiger partial charge in [0.25, 0.3) is 0 Å². The summed E-state index contributed by atoms with van der Waals surface area (Å²) in [4.78, 5) is 24.2. The number of aromatic amines is 1. The molecule has 1 aromatic carbocycles. The monoisotopic (exact) mass is 282 g/mol. The summed E-state index contributed by atoms with van der Waals surface area (Å²) in [6.07, 6.45) is 0. The van der Waals surface area contributed by atoms with Crippen molar-refractivity contribution in [3.63, 3.8) is 0 Å². The van der Waals surface area contributed by atoms with E-state index in [1.807, 2.05) is 0 Å². The van der Waals surface area contributed by atoms with Gasteiger partial charge in [-0.05, 0) is 18.2 Å². The van der Waals surface area contributed by atoms with Crippen LogP contribution in [0.25, 0.3) is 0 Å². The van der Waals surface area contributed by atoms with Crippen LogP contribution in [0.2, 0.25) is 0 Å². The van der Waals surface area contributed by atoms with Gasteiger partial charge in [-0.15, -0.1) is 0 Å². The highest BCUT2D eigenvalue weighted by molar-refractivity contribution is 7.07. The largest absolute Gasteiger partial charge is 0.478 e. The molecule has 5 nitrogen and oxygen atoms in total. The van der Waals surface area contributed by atoms with Crippen LogP contribution in [0, 0.1) is 5.82 Å². The number of rotatable bonds is 5. The van der Waals surface area contributed by atoms with E-state index in [0.717, 1.165) is 17.4 Å². The van der Waals surface area contributed by atoms with Crippen molar-refractivity contribution in [3.8, 4) is 0 Å². The molecule has 0 saturated heterocycles. The van der Waals surface area contributed by atoms with Crippen molar-refractivity contribution >= 4 is 17.3 Å². The van der Waals surface area contributed by atoms with Crippen molar-refractivity contribution in [3.05, 3.63) is 55.9 Å². The van der Waals surface area contributed by atoms with Crippen molar-refractivity contribution in [2.45, 2.75) is 13.1 Å². The molecule has 0 unspecified atom stereocenters. The third kappa shape index (κ3) is 3.49. The molecule has 0 atom stereocenters. The number of carboxylic acid groups (broad SMARTS) is 1. The highest BCUT2D eigenvalue weighted by Gasteiger charge is 2.08. The van der Waals surface area contributed by atoms with Crippen LogP contribution in [0.15, 0.2) is 28.4 Å². The molecule has 0 saturated carbocycles. The quantitative estimate of drug-likeness (QED) is 0.777. The highest BCUT2D eigenvalue weighted by Crippen LogP contribution is 2.11. The number of H-pyrrole nitrogens is 1. The Morgan fingerprint density at radius 1 is 1.42 bits per heavy atom. The van der Waals surface area contributed by atoms with Crippen LogP contribution in [-0.4, -0.2) is 16.1 Å². The minimum Gasteiger partial charge on any atom is -0.478 e. The Kier molecular flexibility index (Phi) is 4.08. The van der Waals surface area contributed by atoms with E-state index in [1.165, 1.54) is 12.1 Å². The maximum Gasteiger partial charge on any atom is 0.335 e. The molecule has 0 amide bonds. The normalized spacial score (nSPS) is 10.6. The summed E-state index contributed by atoms with van der Waals surface area (Å²) < 4.78 is 13.5. The summed E-state index contributed by atoms with van der Waals surface area (Å²) in [6.45, 7) is 0.570. The topological polar surface area (TPSA) is 82.2 Å². The molecule has 0 aliphatic carbocycles. The number of halogens is 1. The second-order valence-corrected chi connectivity index (χ2v) is 4.73. The van der Waals surface area contributed by atoms with Crippen molar-refractivity contribution in [2.24, 2.45) is 0 Å². The van der Waals surface area contributed by atoms with Gasteiger partial charge in [-0.25, -0.2) is 9.18 Å². The number of carboxylic acids is 1. The van der Waals surface area contributed by atoms with Crippen LogP contribution < -0.4 is 10.2 Å². The highest BCUT2D eigenvalue weighted by atomic mass is 32.1. The molecule has 19 heavy (non-hydrogen) atoms. The summed E-state index contributed by atoms with van der Waals surface area (Å²) in [7, 11) is 0. The SMILES string of the molecule is O=C(O)c1ccc(F)c(CNCc2csc(=O)[nH]2)c1. The summed E-state index contributed by atoms with van der Waals surface area (Å²) in [6, 6.07) is 3.64. The predicted octanol–water partition coefficient (Wildman–Crippen LogP) is 1.56. The minimum absolute atomic E-state index is 0.0436. The van der Waals surface area contributed by atoms with Crippen LogP contribution in [0.1, 0.15) is 21.6 Å². The first kappa shape index (κ1) is 13.4. The van der Waals surface area contributed by atoms with Crippen molar-refractivity contribution < 1.29 is 14.3 Å². The molecule has 100 valence electrons. The van der Waals surface area contributed by atoms with Crippen LogP contribution in [0.5, 0.6) is 0 Å². The second kappa shape index (κ2) is 5.77. The Labute approximate surface area is 111 Å². The number of aromatic carboxylic acids is 1. The lowest BCUT2D eigenvalue weighted by molar-refractivity contribution is 0.0696. The Bertz CT molecular complexity index is 650. The predicted molar refractivity (Wildman–Crippen MR) is 68.8 cm³/mol. The third-order valence-electron chi connectivity index (χ3n) is 2.49. The molecule has 0 bridgehead atoms. The summed E-state index contributed by atoms with van der Waals surface area (Å²) >= 11 is 1.06. The van der Waals surface area contributed by atoms with Crippen LogP contribution >= 0.6 is 11.3 Å². The van der Waals surface area contributed by atoms with Gasteiger partial charge in [0.2, 0.25) is 0 Å². The third-order valence-corrected chi connectivity index (χ3v) is 3.21. The van der Waals surface area contributed by atoms with Crippen molar-refractivity contribution in [1.29, 1.82) is 0 Å². The van der Waals surface area contributed by atoms with Gasteiger partial charge < -0.3 is 15.4 Å². The number of carbonyl (C=O) groups is 1. The van der Waals surface area contributed by atoms with Crippen LogP contribution in [-0.2, 0) is 13.1 Å². The first-order chi connectivity index (χ1) is 9.06. The minimum atomic E-state index is -1.09. The van der Waals surface area contributed by atoms with Gasteiger partial charge in [-0.2, -0.15) is 0 Å². The lowest BCUT2D eigenvalue weighted by atomic mass is 10.1. The standard InChI is InChI=1S/C12H11FN2O3S/c13-10-2-1-7(11(16)17)3-8(10)4-14-5-9-6-19-12(18)15-9/h1-3,6,14H,4-5H2,(H,15,18)(H,16,17). The Morgan fingerprint density at radius 2 is 2.21 bits per heavy atom.